The second kappa shape index (κ2) is 8.13. The Balaban J connectivity index is 1.66. The fourth-order valence-electron chi connectivity index (χ4n) is 3.84. The van der Waals surface area contributed by atoms with Crippen molar-refractivity contribution in [2.24, 2.45) is 17.6 Å². The van der Waals surface area contributed by atoms with E-state index in [9.17, 15) is 9.59 Å². The molecule has 1 saturated heterocycles. The number of fused-ring (bicyclic) bond motifs is 1. The zero-order valence-corrected chi connectivity index (χ0v) is 16.3. The Bertz CT molecular complexity index is 819. The Hall–Kier alpha value is -2.34. The Morgan fingerprint density at radius 1 is 1.26 bits per heavy atom. The molecule has 1 fully saturated rings. The van der Waals surface area contributed by atoms with Crippen molar-refractivity contribution >= 4 is 22.8 Å². The van der Waals surface area contributed by atoms with E-state index in [-0.39, 0.29) is 36.2 Å². The molecule has 1 aliphatic heterocycles. The van der Waals surface area contributed by atoms with Gasteiger partial charge in [0.05, 0.1) is 12.6 Å². The smallest absolute Gasteiger partial charge is 0.236 e. The highest BCUT2D eigenvalue weighted by atomic mass is 16.3. The van der Waals surface area contributed by atoms with Crippen molar-refractivity contribution in [1.82, 2.24) is 10.2 Å². The number of primary amides is 1. The van der Waals surface area contributed by atoms with Gasteiger partial charge in [-0.25, -0.2) is 0 Å². The molecule has 3 rings (SSSR count). The molecule has 0 saturated carbocycles. The van der Waals surface area contributed by atoms with E-state index in [0.29, 0.717) is 25.9 Å². The third-order valence-corrected chi connectivity index (χ3v) is 5.55. The molecule has 146 valence electrons. The Labute approximate surface area is 160 Å². The minimum atomic E-state index is -0.263. The minimum absolute atomic E-state index is 0.0375. The lowest BCUT2D eigenvalue weighted by Crippen LogP contribution is -2.45. The standard InChI is InChI=1S/C21H29N3O3/c1-13(2)19(20-14(3)16-6-4-5-7-17(16)27-20)23-12-18(25)24-10-8-15(9-11-24)21(22)26/h4-7,13,15,19,23H,8-12H2,1-3H3,(H2,22,26)/t19-/m0/s1. The normalized spacial score (nSPS) is 16.8. The molecule has 2 heterocycles. The Morgan fingerprint density at radius 3 is 2.52 bits per heavy atom. The van der Waals surface area contributed by atoms with Crippen LogP contribution < -0.4 is 11.1 Å². The van der Waals surface area contributed by atoms with Gasteiger partial charge in [0.25, 0.3) is 0 Å². The number of para-hydroxylation sites is 1. The lowest BCUT2D eigenvalue weighted by Gasteiger charge is -2.31. The molecule has 3 N–H and O–H groups in total. The summed E-state index contributed by atoms with van der Waals surface area (Å²) in [5.74, 6) is 0.852. The Kier molecular flexibility index (Phi) is 5.85. The highest BCUT2D eigenvalue weighted by Gasteiger charge is 2.28. The third-order valence-electron chi connectivity index (χ3n) is 5.55. The molecule has 1 aliphatic rings. The molecule has 2 amide bonds. The summed E-state index contributed by atoms with van der Waals surface area (Å²) in [4.78, 5) is 25.7. The maximum Gasteiger partial charge on any atom is 0.236 e. The first kappa shape index (κ1) is 19.4. The molecule has 1 aromatic heterocycles. The number of likely N-dealkylation sites (tertiary alicyclic amines) is 1. The monoisotopic (exact) mass is 371 g/mol. The zero-order valence-electron chi connectivity index (χ0n) is 16.3. The van der Waals surface area contributed by atoms with Crippen LogP contribution in [0.4, 0.5) is 0 Å². The van der Waals surface area contributed by atoms with E-state index in [1.807, 2.05) is 23.1 Å². The summed E-state index contributed by atoms with van der Waals surface area (Å²) in [6.45, 7) is 7.73. The van der Waals surface area contributed by atoms with E-state index >= 15 is 0 Å². The Morgan fingerprint density at radius 2 is 1.93 bits per heavy atom. The minimum Gasteiger partial charge on any atom is -0.459 e. The summed E-state index contributed by atoms with van der Waals surface area (Å²) >= 11 is 0. The second-order valence-corrected chi connectivity index (χ2v) is 7.75. The van der Waals surface area contributed by atoms with Gasteiger partial charge in [-0.3, -0.25) is 14.9 Å². The number of nitrogens with zero attached hydrogens (tertiary/aromatic N) is 1. The molecular formula is C21H29N3O3. The number of rotatable bonds is 6. The lowest BCUT2D eigenvalue weighted by atomic mass is 9.96. The summed E-state index contributed by atoms with van der Waals surface area (Å²) in [7, 11) is 0. The predicted molar refractivity (Wildman–Crippen MR) is 105 cm³/mol. The first-order valence-corrected chi connectivity index (χ1v) is 9.67. The van der Waals surface area contributed by atoms with Crippen molar-refractivity contribution in [2.45, 2.75) is 39.7 Å². The van der Waals surface area contributed by atoms with E-state index in [1.54, 1.807) is 0 Å². The lowest BCUT2D eigenvalue weighted by molar-refractivity contribution is -0.134. The average Bonchev–Trinajstić information content (AvgIpc) is 2.98. The van der Waals surface area contributed by atoms with Crippen LogP contribution in [-0.2, 0) is 9.59 Å². The number of furan rings is 1. The zero-order chi connectivity index (χ0) is 19.6. The predicted octanol–water partition coefficient (Wildman–Crippen LogP) is 2.75. The molecule has 1 atom stereocenters. The van der Waals surface area contributed by atoms with Crippen LogP contribution in [0.2, 0.25) is 0 Å². The van der Waals surface area contributed by atoms with Crippen molar-refractivity contribution in [3.8, 4) is 0 Å². The van der Waals surface area contributed by atoms with Crippen molar-refractivity contribution in [3.05, 3.63) is 35.6 Å². The summed E-state index contributed by atoms with van der Waals surface area (Å²) < 4.78 is 6.10. The van der Waals surface area contributed by atoms with Gasteiger partial charge in [-0.2, -0.15) is 0 Å². The first-order chi connectivity index (χ1) is 12.9. The van der Waals surface area contributed by atoms with Gasteiger partial charge in [0.15, 0.2) is 0 Å². The molecule has 1 aromatic carbocycles. The number of nitrogens with one attached hydrogen (secondary N) is 1. The number of benzene rings is 1. The molecular weight excluding hydrogens is 342 g/mol. The second-order valence-electron chi connectivity index (χ2n) is 7.75. The molecule has 0 bridgehead atoms. The molecule has 2 aromatic rings. The average molecular weight is 371 g/mol. The van der Waals surface area contributed by atoms with E-state index in [4.69, 9.17) is 10.2 Å². The highest BCUT2D eigenvalue weighted by Crippen LogP contribution is 2.32. The number of aryl methyl sites for hydroxylation is 1. The molecule has 27 heavy (non-hydrogen) atoms. The van der Waals surface area contributed by atoms with E-state index in [1.165, 1.54) is 0 Å². The summed E-state index contributed by atoms with van der Waals surface area (Å²) in [5.41, 5.74) is 7.36. The molecule has 6 nitrogen and oxygen atoms in total. The van der Waals surface area contributed by atoms with Crippen LogP contribution >= 0.6 is 0 Å². The van der Waals surface area contributed by atoms with Crippen molar-refractivity contribution in [3.63, 3.8) is 0 Å². The van der Waals surface area contributed by atoms with Gasteiger partial charge in [0.2, 0.25) is 11.8 Å². The van der Waals surface area contributed by atoms with Gasteiger partial charge in [0, 0.05) is 24.4 Å². The van der Waals surface area contributed by atoms with Crippen LogP contribution in [0.15, 0.2) is 28.7 Å². The van der Waals surface area contributed by atoms with Crippen LogP contribution in [0.25, 0.3) is 11.0 Å². The maximum absolute atomic E-state index is 12.6. The summed E-state index contributed by atoms with van der Waals surface area (Å²) in [6, 6.07) is 7.96. The molecule has 0 spiro atoms. The molecule has 0 unspecified atom stereocenters. The van der Waals surface area contributed by atoms with Crippen LogP contribution in [0.3, 0.4) is 0 Å². The fourth-order valence-corrected chi connectivity index (χ4v) is 3.84. The number of nitrogens with two attached hydrogens (primary N) is 1. The van der Waals surface area contributed by atoms with Gasteiger partial charge >= 0.3 is 0 Å². The van der Waals surface area contributed by atoms with Crippen LogP contribution in [0, 0.1) is 18.8 Å². The van der Waals surface area contributed by atoms with Gasteiger partial charge < -0.3 is 15.1 Å². The van der Waals surface area contributed by atoms with Crippen LogP contribution in [0.1, 0.15) is 44.1 Å². The van der Waals surface area contributed by atoms with E-state index in [2.05, 4.69) is 32.2 Å². The van der Waals surface area contributed by atoms with Crippen LogP contribution in [-0.4, -0.2) is 36.3 Å². The number of amides is 2. The molecule has 0 radical (unpaired) electrons. The maximum atomic E-state index is 12.6. The van der Waals surface area contributed by atoms with Crippen molar-refractivity contribution < 1.29 is 14.0 Å². The molecule has 0 aliphatic carbocycles. The van der Waals surface area contributed by atoms with Gasteiger partial charge in [0.1, 0.15) is 11.3 Å². The van der Waals surface area contributed by atoms with E-state index < -0.39 is 0 Å². The topological polar surface area (TPSA) is 88.6 Å². The fraction of sp³-hybridized carbons (Fsp3) is 0.524. The largest absolute Gasteiger partial charge is 0.459 e. The first-order valence-electron chi connectivity index (χ1n) is 9.67. The number of carbonyl (C=O) groups excluding carboxylic acids is 2. The highest BCUT2D eigenvalue weighted by molar-refractivity contribution is 5.82. The number of piperidine rings is 1. The quantitative estimate of drug-likeness (QED) is 0.817. The summed E-state index contributed by atoms with van der Waals surface area (Å²) in [6.07, 6.45) is 1.30. The van der Waals surface area contributed by atoms with Crippen LogP contribution in [0.5, 0.6) is 0 Å². The number of hydrogen-bond acceptors (Lipinski definition) is 4. The van der Waals surface area contributed by atoms with Gasteiger partial charge in [-0.1, -0.05) is 32.0 Å². The van der Waals surface area contributed by atoms with Crippen molar-refractivity contribution in [1.29, 1.82) is 0 Å². The molecule has 6 heteroatoms. The SMILES string of the molecule is Cc1c([C@@H](NCC(=O)N2CCC(C(N)=O)CC2)C(C)C)oc2ccccc12. The van der Waals surface area contributed by atoms with E-state index in [0.717, 1.165) is 22.3 Å². The summed E-state index contributed by atoms with van der Waals surface area (Å²) in [5, 5.41) is 4.50. The van der Waals surface area contributed by atoms with Crippen molar-refractivity contribution in [2.75, 3.05) is 19.6 Å². The number of hydrogen-bond donors (Lipinski definition) is 2. The third kappa shape index (κ3) is 4.16. The van der Waals surface area contributed by atoms with Gasteiger partial charge in [-0.05, 0) is 37.3 Å². The van der Waals surface area contributed by atoms with Gasteiger partial charge in [-0.15, -0.1) is 0 Å². The number of carbonyl (C=O) groups is 2.